The van der Waals surface area contributed by atoms with Crippen LogP contribution in [-0.2, 0) is 0 Å². The van der Waals surface area contributed by atoms with Gasteiger partial charge in [0.15, 0.2) is 0 Å². The lowest BCUT2D eigenvalue weighted by Crippen LogP contribution is -2.26. The van der Waals surface area contributed by atoms with Gasteiger partial charge in [-0.3, -0.25) is 0 Å². The first-order valence-electron chi connectivity index (χ1n) is 10.3. The zero-order chi connectivity index (χ0) is 19.8. The molecule has 2 heteroatoms. The maximum atomic E-state index is 3.46. The van der Waals surface area contributed by atoms with Crippen molar-refractivity contribution in [2.45, 2.75) is 73.1 Å². The van der Waals surface area contributed by atoms with Crippen molar-refractivity contribution in [2.24, 2.45) is 0 Å². The van der Waals surface area contributed by atoms with Crippen LogP contribution < -0.4 is 5.32 Å². The summed E-state index contributed by atoms with van der Waals surface area (Å²) in [6.45, 7) is 14.3. The summed E-state index contributed by atoms with van der Waals surface area (Å²) in [4.78, 5) is 2.21. The van der Waals surface area contributed by atoms with Gasteiger partial charge in [0.25, 0.3) is 0 Å². The van der Waals surface area contributed by atoms with E-state index in [9.17, 15) is 0 Å². The predicted octanol–water partition coefficient (Wildman–Crippen LogP) is 6.28. The Morgan fingerprint density at radius 1 is 0.692 bits per heavy atom. The molecule has 0 radical (unpaired) electrons. The minimum atomic E-state index is 0.985. The van der Waals surface area contributed by atoms with E-state index in [-0.39, 0.29) is 0 Å². The molecular weight excluding hydrogens is 316 g/mol. The van der Waals surface area contributed by atoms with E-state index < -0.39 is 0 Å². The Bertz CT molecular complexity index is 474. The van der Waals surface area contributed by atoms with Crippen LogP contribution in [0.15, 0.2) is 46.6 Å². The molecular formula is C24H44N2. The molecule has 0 bridgehead atoms. The Balaban J connectivity index is 3.90. The van der Waals surface area contributed by atoms with E-state index >= 15 is 0 Å². The smallest absolute Gasteiger partial charge is 0.0137 e. The number of nitrogens with one attached hydrogen (secondary N) is 1. The molecule has 150 valence electrons. The Morgan fingerprint density at radius 3 is 1.62 bits per heavy atom. The molecule has 26 heavy (non-hydrogen) atoms. The van der Waals surface area contributed by atoms with Crippen molar-refractivity contribution in [1.82, 2.24) is 10.2 Å². The van der Waals surface area contributed by atoms with Crippen LogP contribution in [0.25, 0.3) is 0 Å². The van der Waals surface area contributed by atoms with Gasteiger partial charge in [0.2, 0.25) is 0 Å². The summed E-state index contributed by atoms with van der Waals surface area (Å²) in [5.74, 6) is 0. The number of nitrogens with zero attached hydrogens (tertiary/aromatic N) is 1. The summed E-state index contributed by atoms with van der Waals surface area (Å²) < 4.78 is 0. The number of hydrogen-bond acceptors (Lipinski definition) is 2. The highest BCUT2D eigenvalue weighted by atomic mass is 15.1. The standard InChI is InChI=1S/C24H44N2/c1-21(2)11-8-12-22(3)13-9-14-23(4)15-10-16-24(5)17-18-25-19-20-26(6)7/h11,13,15,17,25H,8-10,12,14,16,18-20H2,1-7H3/b22-13+,23-15+,24-17+. The monoisotopic (exact) mass is 360 g/mol. The average Bonchev–Trinajstić information content (AvgIpc) is 2.53. The fourth-order valence-corrected chi connectivity index (χ4v) is 2.64. The summed E-state index contributed by atoms with van der Waals surface area (Å²) in [5.41, 5.74) is 5.96. The summed E-state index contributed by atoms with van der Waals surface area (Å²) in [6, 6.07) is 0. The molecule has 0 saturated carbocycles. The minimum Gasteiger partial charge on any atom is -0.312 e. The minimum absolute atomic E-state index is 0.985. The van der Waals surface area contributed by atoms with Crippen LogP contribution in [0.4, 0.5) is 0 Å². The Morgan fingerprint density at radius 2 is 1.15 bits per heavy atom. The average molecular weight is 361 g/mol. The normalized spacial score (nSPS) is 13.5. The lowest BCUT2D eigenvalue weighted by Gasteiger charge is -2.09. The van der Waals surface area contributed by atoms with Gasteiger partial charge >= 0.3 is 0 Å². The van der Waals surface area contributed by atoms with Crippen molar-refractivity contribution in [3.05, 3.63) is 46.6 Å². The Kier molecular flexibility index (Phi) is 15.4. The van der Waals surface area contributed by atoms with Crippen LogP contribution in [0.3, 0.4) is 0 Å². The highest BCUT2D eigenvalue weighted by molar-refractivity contribution is 5.07. The third-order valence-corrected chi connectivity index (χ3v) is 4.48. The first kappa shape index (κ1) is 24.9. The third-order valence-electron chi connectivity index (χ3n) is 4.48. The first-order valence-corrected chi connectivity index (χ1v) is 10.3. The van der Waals surface area contributed by atoms with E-state index in [0.29, 0.717) is 0 Å². The maximum Gasteiger partial charge on any atom is 0.0137 e. The van der Waals surface area contributed by atoms with Crippen molar-refractivity contribution in [2.75, 3.05) is 33.7 Å². The SMILES string of the molecule is CC(C)=CCC/C(C)=C/CC/C(C)=C/CC/C(C)=C/CNCCN(C)C. The highest BCUT2D eigenvalue weighted by Gasteiger charge is 1.94. The zero-order valence-electron chi connectivity index (χ0n) is 18.6. The number of allylic oxidation sites excluding steroid dienone is 7. The largest absolute Gasteiger partial charge is 0.312 e. The van der Waals surface area contributed by atoms with Crippen LogP contribution in [0, 0.1) is 0 Å². The lowest BCUT2D eigenvalue weighted by molar-refractivity contribution is 0.404. The topological polar surface area (TPSA) is 15.3 Å². The Hall–Kier alpha value is -1.12. The molecule has 0 spiro atoms. The fourth-order valence-electron chi connectivity index (χ4n) is 2.64. The molecule has 0 aromatic carbocycles. The third kappa shape index (κ3) is 17.7. The van der Waals surface area contributed by atoms with E-state index in [1.54, 1.807) is 0 Å². The summed E-state index contributed by atoms with van der Waals surface area (Å²) in [5, 5.41) is 3.46. The van der Waals surface area contributed by atoms with Gasteiger partial charge in [-0.05, 0) is 87.2 Å². The molecule has 0 aliphatic carbocycles. The molecule has 0 atom stereocenters. The summed E-state index contributed by atoms with van der Waals surface area (Å²) >= 11 is 0. The van der Waals surface area contributed by atoms with Gasteiger partial charge in [-0.15, -0.1) is 0 Å². The fraction of sp³-hybridized carbons (Fsp3) is 0.667. The van der Waals surface area contributed by atoms with E-state index in [4.69, 9.17) is 0 Å². The van der Waals surface area contributed by atoms with Crippen LogP contribution in [-0.4, -0.2) is 38.6 Å². The van der Waals surface area contributed by atoms with Gasteiger partial charge in [0, 0.05) is 19.6 Å². The second-order valence-electron chi connectivity index (χ2n) is 8.06. The van der Waals surface area contributed by atoms with Gasteiger partial charge in [0.05, 0.1) is 0 Å². The van der Waals surface area contributed by atoms with Crippen LogP contribution >= 0.6 is 0 Å². The van der Waals surface area contributed by atoms with E-state index in [0.717, 1.165) is 26.1 Å². The van der Waals surface area contributed by atoms with Crippen molar-refractivity contribution in [3.8, 4) is 0 Å². The quantitative estimate of drug-likeness (QED) is 0.289. The number of rotatable bonds is 14. The van der Waals surface area contributed by atoms with E-state index in [1.165, 1.54) is 54.4 Å². The molecule has 0 unspecified atom stereocenters. The first-order chi connectivity index (χ1) is 12.3. The maximum absolute atomic E-state index is 3.46. The molecule has 0 aliphatic rings. The second kappa shape index (κ2) is 16.1. The number of likely N-dealkylation sites (N-methyl/N-ethyl adjacent to an activating group) is 1. The molecule has 0 heterocycles. The van der Waals surface area contributed by atoms with E-state index in [2.05, 4.69) is 83.2 Å². The molecule has 0 saturated heterocycles. The molecule has 0 aliphatic heterocycles. The molecule has 0 aromatic rings. The van der Waals surface area contributed by atoms with Crippen LogP contribution in [0.5, 0.6) is 0 Å². The van der Waals surface area contributed by atoms with Crippen molar-refractivity contribution >= 4 is 0 Å². The molecule has 1 N–H and O–H groups in total. The van der Waals surface area contributed by atoms with Gasteiger partial charge in [0.1, 0.15) is 0 Å². The highest BCUT2D eigenvalue weighted by Crippen LogP contribution is 2.13. The molecule has 0 fully saturated rings. The predicted molar refractivity (Wildman–Crippen MR) is 120 cm³/mol. The van der Waals surface area contributed by atoms with Crippen LogP contribution in [0.1, 0.15) is 73.1 Å². The number of hydrogen-bond donors (Lipinski definition) is 1. The van der Waals surface area contributed by atoms with Gasteiger partial charge < -0.3 is 10.2 Å². The van der Waals surface area contributed by atoms with Crippen molar-refractivity contribution in [3.63, 3.8) is 0 Å². The summed E-state index contributed by atoms with van der Waals surface area (Å²) in [7, 11) is 4.22. The summed E-state index contributed by atoms with van der Waals surface area (Å²) in [6.07, 6.45) is 16.6. The van der Waals surface area contributed by atoms with Gasteiger partial charge in [-0.2, -0.15) is 0 Å². The Labute approximate surface area is 164 Å². The molecule has 0 aromatic heterocycles. The van der Waals surface area contributed by atoms with Gasteiger partial charge in [-0.25, -0.2) is 0 Å². The van der Waals surface area contributed by atoms with Gasteiger partial charge in [-0.1, -0.05) is 46.6 Å². The molecule has 0 rings (SSSR count). The molecule has 0 amide bonds. The van der Waals surface area contributed by atoms with Crippen molar-refractivity contribution in [1.29, 1.82) is 0 Å². The van der Waals surface area contributed by atoms with Crippen molar-refractivity contribution < 1.29 is 0 Å². The zero-order valence-corrected chi connectivity index (χ0v) is 18.6. The van der Waals surface area contributed by atoms with E-state index in [1.807, 2.05) is 0 Å². The second-order valence-corrected chi connectivity index (χ2v) is 8.06. The molecule has 2 nitrogen and oxygen atoms in total. The van der Waals surface area contributed by atoms with Crippen LogP contribution in [0.2, 0.25) is 0 Å². The lowest BCUT2D eigenvalue weighted by atomic mass is 10.0.